The molecule has 1 fully saturated rings. The maximum Gasteiger partial charge on any atom is 0.214 e. The number of aliphatic hydroxyl groups is 1. The molecule has 1 saturated heterocycles. The number of para-hydroxylation sites is 1. The van der Waals surface area contributed by atoms with Gasteiger partial charge < -0.3 is 34.3 Å². The quantitative estimate of drug-likeness (QED) is 0.204. The fraction of sp³-hybridized carbons (Fsp3) is 0.500. The SMILES string of the molecule is CN/C=C\O[C@@H](C)C(O)=C(C)C(=S)N(C=O)C[C@H](OC1CCOCC1)c1ccccc1OC. The molecule has 2 atom stereocenters. The third kappa shape index (κ3) is 7.73. The van der Waals surface area contributed by atoms with E-state index in [0.29, 0.717) is 30.9 Å². The molecule has 9 heteroatoms. The van der Waals surface area contributed by atoms with Crippen molar-refractivity contribution in [2.45, 2.75) is 45.0 Å². The number of amides is 1. The van der Waals surface area contributed by atoms with Crippen molar-refractivity contribution in [3.8, 4) is 5.75 Å². The van der Waals surface area contributed by atoms with Crippen molar-refractivity contribution in [1.82, 2.24) is 10.2 Å². The number of rotatable bonds is 12. The second kappa shape index (κ2) is 13.8. The minimum absolute atomic E-state index is 0.00633. The summed E-state index contributed by atoms with van der Waals surface area (Å²) in [7, 11) is 3.34. The molecule has 0 spiro atoms. The molecule has 2 N–H and O–H groups in total. The molecular formula is C24H34N2O6S. The Hall–Kier alpha value is -2.62. The van der Waals surface area contributed by atoms with Gasteiger partial charge in [0.2, 0.25) is 6.41 Å². The highest BCUT2D eigenvalue weighted by molar-refractivity contribution is 7.80. The highest BCUT2D eigenvalue weighted by atomic mass is 32.1. The first-order valence-corrected chi connectivity index (χ1v) is 11.3. The van der Waals surface area contributed by atoms with E-state index < -0.39 is 12.2 Å². The minimum Gasteiger partial charge on any atom is -0.508 e. The Labute approximate surface area is 201 Å². The van der Waals surface area contributed by atoms with E-state index in [4.69, 9.17) is 31.2 Å². The predicted octanol–water partition coefficient (Wildman–Crippen LogP) is 3.65. The molecule has 0 unspecified atom stereocenters. The van der Waals surface area contributed by atoms with Crippen LogP contribution in [0.3, 0.4) is 0 Å². The van der Waals surface area contributed by atoms with Crippen molar-refractivity contribution in [2.24, 2.45) is 0 Å². The van der Waals surface area contributed by atoms with Crippen LogP contribution in [-0.4, -0.2) is 67.5 Å². The summed E-state index contributed by atoms with van der Waals surface area (Å²) in [5.74, 6) is 0.617. The lowest BCUT2D eigenvalue weighted by Gasteiger charge is -2.31. The van der Waals surface area contributed by atoms with Crippen LogP contribution >= 0.6 is 12.2 Å². The summed E-state index contributed by atoms with van der Waals surface area (Å²) >= 11 is 5.55. The summed E-state index contributed by atoms with van der Waals surface area (Å²) < 4.78 is 22.8. The number of nitrogens with one attached hydrogen (secondary N) is 1. The first kappa shape index (κ1) is 26.6. The van der Waals surface area contributed by atoms with Gasteiger partial charge in [-0.05, 0) is 32.8 Å². The Morgan fingerprint density at radius 1 is 1.36 bits per heavy atom. The van der Waals surface area contributed by atoms with Gasteiger partial charge in [0, 0.05) is 37.6 Å². The van der Waals surface area contributed by atoms with E-state index in [1.807, 2.05) is 24.3 Å². The molecule has 0 aliphatic carbocycles. The normalized spacial score (nSPS) is 17.1. The second-order valence-electron chi connectivity index (χ2n) is 7.62. The molecule has 2 rings (SSSR count). The fourth-order valence-electron chi connectivity index (χ4n) is 3.46. The lowest BCUT2D eigenvalue weighted by molar-refractivity contribution is -0.118. The van der Waals surface area contributed by atoms with Crippen LogP contribution in [0.1, 0.15) is 38.4 Å². The second-order valence-corrected chi connectivity index (χ2v) is 8.01. The maximum atomic E-state index is 12.0. The summed E-state index contributed by atoms with van der Waals surface area (Å²) in [5.41, 5.74) is 1.20. The van der Waals surface area contributed by atoms with Crippen LogP contribution in [0.4, 0.5) is 0 Å². The molecule has 182 valence electrons. The largest absolute Gasteiger partial charge is 0.508 e. The average Bonchev–Trinajstić information content (AvgIpc) is 2.85. The monoisotopic (exact) mass is 478 g/mol. The van der Waals surface area contributed by atoms with E-state index in [2.05, 4.69) is 5.32 Å². The number of ether oxygens (including phenoxy) is 4. The molecule has 1 amide bonds. The first-order chi connectivity index (χ1) is 15.9. The fourth-order valence-corrected chi connectivity index (χ4v) is 3.69. The van der Waals surface area contributed by atoms with Gasteiger partial charge in [-0.15, -0.1) is 0 Å². The van der Waals surface area contributed by atoms with E-state index in [1.54, 1.807) is 34.2 Å². The van der Waals surface area contributed by atoms with E-state index >= 15 is 0 Å². The van der Waals surface area contributed by atoms with Crippen molar-refractivity contribution >= 4 is 23.6 Å². The van der Waals surface area contributed by atoms with Gasteiger partial charge in [-0.3, -0.25) is 4.79 Å². The van der Waals surface area contributed by atoms with Gasteiger partial charge in [0.1, 0.15) is 22.6 Å². The van der Waals surface area contributed by atoms with Crippen molar-refractivity contribution in [1.29, 1.82) is 0 Å². The maximum absolute atomic E-state index is 12.0. The predicted molar refractivity (Wildman–Crippen MR) is 130 cm³/mol. The molecule has 1 aromatic rings. The van der Waals surface area contributed by atoms with Gasteiger partial charge >= 0.3 is 0 Å². The number of nitrogens with zero attached hydrogens (tertiary/aromatic N) is 1. The van der Waals surface area contributed by atoms with E-state index in [1.165, 1.54) is 11.2 Å². The molecule has 1 aromatic carbocycles. The topological polar surface area (TPSA) is 89.5 Å². The molecule has 8 nitrogen and oxygen atoms in total. The third-order valence-electron chi connectivity index (χ3n) is 5.37. The Bertz CT molecular complexity index is 838. The summed E-state index contributed by atoms with van der Waals surface area (Å²) in [6.45, 7) is 4.79. The smallest absolute Gasteiger partial charge is 0.214 e. The van der Waals surface area contributed by atoms with Gasteiger partial charge in [0.05, 0.1) is 26.0 Å². The number of methoxy groups -OCH3 is 1. The van der Waals surface area contributed by atoms with Gasteiger partial charge in [0.15, 0.2) is 6.10 Å². The number of hydrogen-bond acceptors (Lipinski definition) is 8. The van der Waals surface area contributed by atoms with E-state index in [0.717, 1.165) is 18.4 Å². The van der Waals surface area contributed by atoms with Crippen LogP contribution < -0.4 is 10.1 Å². The summed E-state index contributed by atoms with van der Waals surface area (Å²) in [4.78, 5) is 13.6. The van der Waals surface area contributed by atoms with Crippen molar-refractivity contribution in [2.75, 3.05) is 33.9 Å². The first-order valence-electron chi connectivity index (χ1n) is 10.9. The molecule has 33 heavy (non-hydrogen) atoms. The highest BCUT2D eigenvalue weighted by Crippen LogP contribution is 2.31. The molecule has 1 aliphatic heterocycles. The number of aliphatic hydroxyl groups excluding tert-OH is 1. The molecule has 0 bridgehead atoms. The zero-order valence-electron chi connectivity index (χ0n) is 19.7. The molecule has 0 radical (unpaired) electrons. The zero-order chi connectivity index (χ0) is 24.2. The average molecular weight is 479 g/mol. The molecule has 1 heterocycles. The Kier molecular flexibility index (Phi) is 11.2. The number of carbonyl (C=O) groups is 1. The van der Waals surface area contributed by atoms with Crippen LogP contribution in [0.25, 0.3) is 0 Å². The summed E-state index contributed by atoms with van der Waals surface area (Å²) in [5, 5.41) is 13.4. The Balaban J connectivity index is 2.26. The summed E-state index contributed by atoms with van der Waals surface area (Å²) in [6.07, 6.45) is 4.11. The van der Waals surface area contributed by atoms with Crippen molar-refractivity contribution in [3.63, 3.8) is 0 Å². The molecular weight excluding hydrogens is 444 g/mol. The third-order valence-corrected chi connectivity index (χ3v) is 5.91. The van der Waals surface area contributed by atoms with Gasteiger partial charge in [-0.25, -0.2) is 0 Å². The van der Waals surface area contributed by atoms with Gasteiger partial charge in [-0.2, -0.15) is 0 Å². The van der Waals surface area contributed by atoms with Crippen LogP contribution in [0.15, 0.2) is 48.1 Å². The minimum atomic E-state index is -0.635. The zero-order valence-corrected chi connectivity index (χ0v) is 20.5. The standard InChI is InChI=1S/C24H34N2O6S/c1-17(23(28)18(2)31-14-11-25-3)24(33)26(16-27)15-22(32-19-9-12-30-13-10-19)20-7-5-6-8-21(20)29-4/h5-8,11,14,16,18-19,22,25,28H,9-10,12-13,15H2,1-4H3/b14-11-,23-17?/t18-,22-/m0/s1. The van der Waals surface area contributed by atoms with E-state index in [9.17, 15) is 9.90 Å². The van der Waals surface area contributed by atoms with Gasteiger partial charge in [0.25, 0.3) is 0 Å². The van der Waals surface area contributed by atoms with Gasteiger partial charge in [-0.1, -0.05) is 30.4 Å². The molecule has 1 aliphatic rings. The highest BCUT2D eigenvalue weighted by Gasteiger charge is 2.27. The van der Waals surface area contributed by atoms with Crippen LogP contribution in [-0.2, 0) is 19.0 Å². The summed E-state index contributed by atoms with van der Waals surface area (Å²) in [6, 6.07) is 7.55. The van der Waals surface area contributed by atoms with Crippen LogP contribution in [0, 0.1) is 0 Å². The van der Waals surface area contributed by atoms with E-state index in [-0.39, 0.29) is 23.4 Å². The van der Waals surface area contributed by atoms with Crippen molar-refractivity contribution < 1.29 is 28.8 Å². The number of thiocarbonyl (C=S) groups is 1. The Morgan fingerprint density at radius 2 is 2.06 bits per heavy atom. The molecule has 0 aromatic heterocycles. The lowest BCUT2D eigenvalue weighted by atomic mass is 10.1. The molecule has 0 saturated carbocycles. The number of benzene rings is 1. The number of hydrogen-bond donors (Lipinski definition) is 2. The van der Waals surface area contributed by atoms with Crippen LogP contribution in [0.2, 0.25) is 0 Å². The van der Waals surface area contributed by atoms with Crippen molar-refractivity contribution in [3.05, 3.63) is 53.6 Å². The Morgan fingerprint density at radius 3 is 2.70 bits per heavy atom. The lowest BCUT2D eigenvalue weighted by Crippen LogP contribution is -2.36. The number of carbonyl (C=O) groups excluding carboxylic acids is 1. The van der Waals surface area contributed by atoms with Crippen LogP contribution in [0.5, 0.6) is 5.75 Å².